The lowest BCUT2D eigenvalue weighted by molar-refractivity contribution is -0.139. The van der Waals surface area contributed by atoms with Crippen molar-refractivity contribution in [3.8, 4) is 0 Å². The Kier molecular flexibility index (Phi) is 8.08. The summed E-state index contributed by atoms with van der Waals surface area (Å²) < 4.78 is 9.37. The summed E-state index contributed by atoms with van der Waals surface area (Å²) in [6, 6.07) is 0. The highest BCUT2D eigenvalue weighted by molar-refractivity contribution is 5.91. The van der Waals surface area contributed by atoms with Crippen molar-refractivity contribution in [2.45, 2.75) is 12.5 Å². The molecule has 0 amide bonds. The van der Waals surface area contributed by atoms with Gasteiger partial charge in [0.15, 0.2) is 0 Å². The number of hydrogen-bond acceptors (Lipinski definition) is 6. The van der Waals surface area contributed by atoms with Crippen LogP contribution < -0.4 is 0 Å². The SMILES string of the molecule is C=C(CC(=O)O)C(=O)O.O=C(O)/C=C\C(=O)OCC1CO1. The minimum atomic E-state index is -1.27. The number of aliphatic carboxylic acids is 3. The third-order valence-electron chi connectivity index (χ3n) is 1.84. The Morgan fingerprint density at radius 3 is 2.10 bits per heavy atom. The maximum Gasteiger partial charge on any atom is 0.331 e. The Balaban J connectivity index is 0.000000400. The largest absolute Gasteiger partial charge is 0.481 e. The predicted molar refractivity (Wildman–Crippen MR) is 66.5 cm³/mol. The Hall–Kier alpha value is -2.68. The zero-order valence-electron chi connectivity index (χ0n) is 10.9. The molecule has 1 aliphatic rings. The molecule has 0 saturated carbocycles. The maximum atomic E-state index is 10.7. The molecule has 9 nitrogen and oxygen atoms in total. The molecule has 1 atom stereocenters. The molecule has 1 fully saturated rings. The summed E-state index contributed by atoms with van der Waals surface area (Å²) in [6.45, 7) is 3.82. The average Bonchev–Trinajstić information content (AvgIpc) is 3.17. The van der Waals surface area contributed by atoms with Crippen LogP contribution in [-0.4, -0.2) is 58.5 Å². The third kappa shape index (κ3) is 12.1. The van der Waals surface area contributed by atoms with E-state index in [1.54, 1.807) is 0 Å². The van der Waals surface area contributed by atoms with Crippen molar-refractivity contribution in [3.63, 3.8) is 0 Å². The molecular weight excluding hydrogens is 288 g/mol. The lowest BCUT2D eigenvalue weighted by Crippen LogP contribution is -2.07. The lowest BCUT2D eigenvalue weighted by Gasteiger charge is -1.95. The molecule has 0 aromatic heterocycles. The van der Waals surface area contributed by atoms with E-state index >= 15 is 0 Å². The number of epoxide rings is 1. The highest BCUT2D eigenvalue weighted by Gasteiger charge is 2.23. The van der Waals surface area contributed by atoms with E-state index in [4.69, 9.17) is 20.1 Å². The van der Waals surface area contributed by atoms with Gasteiger partial charge in [-0.1, -0.05) is 6.58 Å². The standard InChI is InChI=1S/C7H8O5.C5H6O4/c8-6(9)1-2-7(10)12-4-5-3-11-5;1-3(5(8)9)2-4(6)7/h1-2,5H,3-4H2,(H,8,9);1-2H2,(H,6,7)(H,8,9)/b2-1-;. The number of carboxylic acid groups (broad SMARTS) is 3. The molecule has 0 aromatic rings. The zero-order chi connectivity index (χ0) is 16.4. The molecule has 21 heavy (non-hydrogen) atoms. The van der Waals surface area contributed by atoms with Crippen molar-refractivity contribution >= 4 is 23.9 Å². The Morgan fingerprint density at radius 1 is 1.19 bits per heavy atom. The summed E-state index contributed by atoms with van der Waals surface area (Å²) in [5.41, 5.74) is -0.303. The Morgan fingerprint density at radius 2 is 1.76 bits per heavy atom. The first kappa shape index (κ1) is 18.3. The van der Waals surface area contributed by atoms with E-state index in [1.807, 2.05) is 0 Å². The summed E-state index contributed by atoms with van der Waals surface area (Å²) in [6.07, 6.45) is 1.10. The molecule has 0 radical (unpaired) electrons. The van der Waals surface area contributed by atoms with Crippen LogP contribution in [0.15, 0.2) is 24.3 Å². The molecule has 1 saturated heterocycles. The van der Waals surface area contributed by atoms with Gasteiger partial charge in [-0.05, 0) is 0 Å². The van der Waals surface area contributed by atoms with Crippen LogP contribution in [-0.2, 0) is 28.7 Å². The normalized spacial score (nSPS) is 15.5. The molecule has 0 bridgehead atoms. The fraction of sp³-hybridized carbons (Fsp3) is 0.333. The summed E-state index contributed by atoms with van der Waals surface area (Å²) in [4.78, 5) is 40.2. The van der Waals surface area contributed by atoms with E-state index in [2.05, 4.69) is 11.3 Å². The van der Waals surface area contributed by atoms with E-state index in [0.29, 0.717) is 6.61 Å². The second-order valence-corrected chi connectivity index (χ2v) is 3.74. The van der Waals surface area contributed by atoms with Crippen LogP contribution in [0.2, 0.25) is 0 Å². The summed E-state index contributed by atoms with van der Waals surface area (Å²) in [5.74, 6) is -4.28. The number of carbonyl (C=O) groups is 4. The molecule has 9 heteroatoms. The molecule has 3 N–H and O–H groups in total. The molecule has 1 unspecified atom stereocenters. The lowest BCUT2D eigenvalue weighted by atomic mass is 10.2. The topological polar surface area (TPSA) is 151 Å². The van der Waals surface area contributed by atoms with Crippen LogP contribution in [0.1, 0.15) is 6.42 Å². The number of esters is 1. The first-order valence-electron chi connectivity index (χ1n) is 5.54. The van der Waals surface area contributed by atoms with Gasteiger partial charge in [0, 0.05) is 17.7 Å². The highest BCUT2D eigenvalue weighted by atomic mass is 16.6. The molecular formula is C12H14O9. The van der Waals surface area contributed by atoms with Crippen LogP contribution in [0.25, 0.3) is 0 Å². The Labute approximate surface area is 119 Å². The van der Waals surface area contributed by atoms with Gasteiger partial charge in [0.05, 0.1) is 13.0 Å². The van der Waals surface area contributed by atoms with Crippen LogP contribution in [0, 0.1) is 0 Å². The van der Waals surface area contributed by atoms with Crippen LogP contribution >= 0.6 is 0 Å². The molecule has 1 rings (SSSR count). The van der Waals surface area contributed by atoms with E-state index in [9.17, 15) is 19.2 Å². The van der Waals surface area contributed by atoms with Gasteiger partial charge in [0.25, 0.3) is 0 Å². The van der Waals surface area contributed by atoms with Crippen LogP contribution in [0.3, 0.4) is 0 Å². The molecule has 0 spiro atoms. The first-order valence-corrected chi connectivity index (χ1v) is 5.54. The smallest absolute Gasteiger partial charge is 0.331 e. The summed E-state index contributed by atoms with van der Waals surface area (Å²) >= 11 is 0. The van der Waals surface area contributed by atoms with Gasteiger partial charge < -0.3 is 24.8 Å². The maximum absolute atomic E-state index is 10.7. The van der Waals surface area contributed by atoms with Crippen molar-refractivity contribution in [2.24, 2.45) is 0 Å². The third-order valence-corrected chi connectivity index (χ3v) is 1.84. The second kappa shape index (κ2) is 9.26. The molecule has 0 aromatic carbocycles. The fourth-order valence-electron chi connectivity index (χ4n) is 0.785. The fourth-order valence-corrected chi connectivity index (χ4v) is 0.785. The van der Waals surface area contributed by atoms with Gasteiger partial charge in [-0.25, -0.2) is 14.4 Å². The monoisotopic (exact) mass is 302 g/mol. The van der Waals surface area contributed by atoms with E-state index in [0.717, 1.165) is 12.2 Å². The first-order chi connectivity index (χ1) is 9.72. The molecule has 116 valence electrons. The zero-order valence-corrected chi connectivity index (χ0v) is 10.9. The van der Waals surface area contributed by atoms with E-state index in [1.165, 1.54) is 0 Å². The van der Waals surface area contributed by atoms with Crippen molar-refractivity contribution in [1.82, 2.24) is 0 Å². The van der Waals surface area contributed by atoms with Gasteiger partial charge in [0.1, 0.15) is 12.7 Å². The van der Waals surface area contributed by atoms with Crippen molar-refractivity contribution in [3.05, 3.63) is 24.3 Å². The predicted octanol–water partition coefficient (Wildman–Crippen LogP) is -0.329. The van der Waals surface area contributed by atoms with Gasteiger partial charge in [-0.2, -0.15) is 0 Å². The summed E-state index contributed by atoms with van der Waals surface area (Å²) in [7, 11) is 0. The van der Waals surface area contributed by atoms with Gasteiger partial charge >= 0.3 is 23.9 Å². The van der Waals surface area contributed by atoms with Crippen molar-refractivity contribution < 1.29 is 44.0 Å². The van der Waals surface area contributed by atoms with Crippen molar-refractivity contribution in [1.29, 1.82) is 0 Å². The van der Waals surface area contributed by atoms with Crippen LogP contribution in [0.5, 0.6) is 0 Å². The van der Waals surface area contributed by atoms with E-state index < -0.39 is 30.3 Å². The van der Waals surface area contributed by atoms with Gasteiger partial charge in [-0.3, -0.25) is 4.79 Å². The molecule has 1 heterocycles. The van der Waals surface area contributed by atoms with Gasteiger partial charge in [-0.15, -0.1) is 0 Å². The average molecular weight is 302 g/mol. The second-order valence-electron chi connectivity index (χ2n) is 3.74. The number of ether oxygens (including phenoxy) is 2. The quantitative estimate of drug-likeness (QED) is 0.326. The van der Waals surface area contributed by atoms with Crippen molar-refractivity contribution in [2.75, 3.05) is 13.2 Å². The van der Waals surface area contributed by atoms with Crippen LogP contribution in [0.4, 0.5) is 0 Å². The highest BCUT2D eigenvalue weighted by Crippen LogP contribution is 2.08. The Bertz CT molecular complexity index is 459. The minimum absolute atomic E-state index is 0.00665. The van der Waals surface area contributed by atoms with E-state index in [-0.39, 0.29) is 18.3 Å². The number of rotatable bonds is 7. The number of carbonyl (C=O) groups excluding carboxylic acids is 1. The molecule has 0 aliphatic carbocycles. The number of hydrogen-bond donors (Lipinski definition) is 3. The minimum Gasteiger partial charge on any atom is -0.481 e. The number of carboxylic acids is 3. The molecule has 1 aliphatic heterocycles. The summed E-state index contributed by atoms with van der Waals surface area (Å²) in [5, 5.41) is 24.2. The van der Waals surface area contributed by atoms with Gasteiger partial charge in [0.2, 0.25) is 0 Å².